The van der Waals surface area contributed by atoms with Crippen LogP contribution in [0.5, 0.6) is 5.75 Å². The summed E-state index contributed by atoms with van der Waals surface area (Å²) in [5.74, 6) is 0.0774. The standard InChI is InChI=1S/C15H12BrN3O2/c1-21-13-4-2-3-10(8-17)14(13)19-15(20)9-5-6-12(18)11(16)7-9/h2-7H,18H2,1H3,(H,19,20). The van der Waals surface area contributed by atoms with Gasteiger partial charge in [0.2, 0.25) is 0 Å². The second kappa shape index (κ2) is 6.29. The minimum atomic E-state index is -0.350. The second-order valence-electron chi connectivity index (χ2n) is 4.19. The predicted octanol–water partition coefficient (Wildman–Crippen LogP) is 3.16. The number of carbonyl (C=O) groups excluding carboxylic acids is 1. The predicted molar refractivity (Wildman–Crippen MR) is 84.2 cm³/mol. The largest absolute Gasteiger partial charge is 0.495 e. The van der Waals surface area contributed by atoms with Crippen LogP contribution < -0.4 is 15.8 Å². The molecule has 0 bridgehead atoms. The number of carbonyl (C=O) groups is 1. The van der Waals surface area contributed by atoms with E-state index in [9.17, 15) is 4.79 Å². The van der Waals surface area contributed by atoms with Crippen molar-refractivity contribution < 1.29 is 9.53 Å². The third-order valence-corrected chi connectivity index (χ3v) is 3.55. The van der Waals surface area contributed by atoms with Gasteiger partial charge in [0.1, 0.15) is 17.5 Å². The zero-order valence-electron chi connectivity index (χ0n) is 11.2. The number of benzene rings is 2. The summed E-state index contributed by atoms with van der Waals surface area (Å²) in [6.45, 7) is 0. The molecule has 2 aromatic rings. The van der Waals surface area contributed by atoms with E-state index in [0.717, 1.165) is 0 Å². The summed E-state index contributed by atoms with van der Waals surface area (Å²) in [6, 6.07) is 11.9. The van der Waals surface area contributed by atoms with Crippen molar-refractivity contribution >= 4 is 33.2 Å². The van der Waals surface area contributed by atoms with Crippen LogP contribution in [0.1, 0.15) is 15.9 Å². The lowest BCUT2D eigenvalue weighted by molar-refractivity contribution is 0.102. The number of rotatable bonds is 3. The van der Waals surface area contributed by atoms with Crippen LogP contribution in [0.15, 0.2) is 40.9 Å². The Hall–Kier alpha value is -2.52. The lowest BCUT2D eigenvalue weighted by atomic mass is 10.1. The molecule has 0 heterocycles. The average Bonchev–Trinajstić information content (AvgIpc) is 2.50. The van der Waals surface area contributed by atoms with Gasteiger partial charge in [-0.15, -0.1) is 0 Å². The number of amides is 1. The van der Waals surface area contributed by atoms with Gasteiger partial charge in [0, 0.05) is 15.7 Å². The number of nitriles is 1. The maximum Gasteiger partial charge on any atom is 0.255 e. The van der Waals surface area contributed by atoms with Gasteiger partial charge < -0.3 is 15.8 Å². The zero-order valence-corrected chi connectivity index (χ0v) is 12.8. The molecule has 0 aromatic heterocycles. The number of nitrogens with one attached hydrogen (secondary N) is 1. The fourth-order valence-electron chi connectivity index (χ4n) is 1.78. The Balaban J connectivity index is 2.36. The zero-order chi connectivity index (χ0) is 15.4. The van der Waals surface area contributed by atoms with Gasteiger partial charge in [-0.05, 0) is 46.3 Å². The van der Waals surface area contributed by atoms with Crippen molar-refractivity contribution in [2.45, 2.75) is 0 Å². The molecule has 6 heteroatoms. The molecule has 0 aliphatic heterocycles. The van der Waals surface area contributed by atoms with Crippen LogP contribution >= 0.6 is 15.9 Å². The SMILES string of the molecule is COc1cccc(C#N)c1NC(=O)c1ccc(N)c(Br)c1. The van der Waals surface area contributed by atoms with Crippen LogP contribution in [0.25, 0.3) is 0 Å². The molecule has 0 aliphatic carbocycles. The number of anilines is 2. The molecule has 21 heavy (non-hydrogen) atoms. The van der Waals surface area contributed by atoms with Crippen LogP contribution in [0.2, 0.25) is 0 Å². The molecule has 0 atom stereocenters. The highest BCUT2D eigenvalue weighted by molar-refractivity contribution is 9.10. The molecule has 0 fully saturated rings. The summed E-state index contributed by atoms with van der Waals surface area (Å²) < 4.78 is 5.81. The van der Waals surface area contributed by atoms with Crippen molar-refractivity contribution in [1.29, 1.82) is 5.26 Å². The fraction of sp³-hybridized carbons (Fsp3) is 0.0667. The van der Waals surface area contributed by atoms with Crippen molar-refractivity contribution in [3.8, 4) is 11.8 Å². The van der Waals surface area contributed by atoms with E-state index in [2.05, 4.69) is 21.2 Å². The third kappa shape index (κ3) is 3.15. The maximum atomic E-state index is 12.3. The number of hydrogen-bond donors (Lipinski definition) is 2. The Morgan fingerprint density at radius 2 is 2.14 bits per heavy atom. The van der Waals surface area contributed by atoms with E-state index in [0.29, 0.717) is 32.7 Å². The van der Waals surface area contributed by atoms with Crippen molar-refractivity contribution in [3.05, 3.63) is 52.0 Å². The van der Waals surface area contributed by atoms with Crippen LogP contribution in [-0.2, 0) is 0 Å². The molecular weight excluding hydrogens is 334 g/mol. The van der Waals surface area contributed by atoms with Crippen molar-refractivity contribution in [2.75, 3.05) is 18.2 Å². The summed E-state index contributed by atoms with van der Waals surface area (Å²) in [5.41, 5.74) is 7.33. The van der Waals surface area contributed by atoms with E-state index in [1.54, 1.807) is 36.4 Å². The number of halogens is 1. The molecule has 2 rings (SSSR count). The van der Waals surface area contributed by atoms with Crippen LogP contribution in [0, 0.1) is 11.3 Å². The molecule has 3 N–H and O–H groups in total. The molecule has 106 valence electrons. The first-order valence-corrected chi connectivity index (χ1v) is 6.79. The van der Waals surface area contributed by atoms with E-state index in [-0.39, 0.29) is 5.91 Å². The molecule has 1 amide bonds. The number of methoxy groups -OCH3 is 1. The summed E-state index contributed by atoms with van der Waals surface area (Å²) in [6.07, 6.45) is 0. The first-order valence-electron chi connectivity index (χ1n) is 6.00. The quantitative estimate of drug-likeness (QED) is 0.836. The molecule has 0 aliphatic rings. The molecule has 2 aromatic carbocycles. The van der Waals surface area contributed by atoms with Crippen molar-refractivity contribution in [3.63, 3.8) is 0 Å². The molecule has 5 nitrogen and oxygen atoms in total. The van der Waals surface area contributed by atoms with Crippen LogP contribution in [0.4, 0.5) is 11.4 Å². The minimum absolute atomic E-state index is 0.331. The first-order chi connectivity index (χ1) is 10.1. The van der Waals surface area contributed by atoms with E-state index in [1.807, 2.05) is 6.07 Å². The lowest BCUT2D eigenvalue weighted by Gasteiger charge is -2.12. The van der Waals surface area contributed by atoms with Gasteiger partial charge in [-0.3, -0.25) is 4.79 Å². The molecule has 0 radical (unpaired) electrons. The van der Waals surface area contributed by atoms with Crippen molar-refractivity contribution in [2.24, 2.45) is 0 Å². The number of nitrogens with zero attached hydrogens (tertiary/aromatic N) is 1. The molecule has 0 saturated heterocycles. The molecule has 0 spiro atoms. The number of hydrogen-bond acceptors (Lipinski definition) is 4. The number of nitrogens with two attached hydrogens (primary N) is 1. The Bertz CT molecular complexity index is 738. The van der Waals surface area contributed by atoms with Gasteiger partial charge in [-0.1, -0.05) is 6.07 Å². The van der Waals surface area contributed by atoms with Gasteiger partial charge in [-0.25, -0.2) is 0 Å². The molecule has 0 unspecified atom stereocenters. The number of nitrogen functional groups attached to an aromatic ring is 1. The minimum Gasteiger partial charge on any atom is -0.495 e. The fourth-order valence-corrected chi connectivity index (χ4v) is 2.16. The normalized spacial score (nSPS) is 9.76. The highest BCUT2D eigenvalue weighted by atomic mass is 79.9. The Labute approximate surface area is 130 Å². The highest BCUT2D eigenvalue weighted by Gasteiger charge is 2.14. The number of para-hydroxylation sites is 1. The Kier molecular flexibility index (Phi) is 4.45. The van der Waals surface area contributed by atoms with Gasteiger partial charge in [0.25, 0.3) is 5.91 Å². The summed E-state index contributed by atoms with van der Waals surface area (Å²) in [5, 5.41) is 11.8. The lowest BCUT2D eigenvalue weighted by Crippen LogP contribution is -2.14. The van der Waals surface area contributed by atoms with Gasteiger partial charge >= 0.3 is 0 Å². The third-order valence-electron chi connectivity index (χ3n) is 2.87. The Morgan fingerprint density at radius 3 is 2.76 bits per heavy atom. The summed E-state index contributed by atoms with van der Waals surface area (Å²) >= 11 is 3.27. The summed E-state index contributed by atoms with van der Waals surface area (Å²) in [7, 11) is 1.48. The van der Waals surface area contributed by atoms with Crippen LogP contribution in [-0.4, -0.2) is 13.0 Å². The van der Waals surface area contributed by atoms with E-state index in [4.69, 9.17) is 15.7 Å². The van der Waals surface area contributed by atoms with Gasteiger partial charge in [-0.2, -0.15) is 5.26 Å². The Morgan fingerprint density at radius 1 is 1.38 bits per heavy atom. The second-order valence-corrected chi connectivity index (χ2v) is 5.04. The number of ether oxygens (including phenoxy) is 1. The van der Waals surface area contributed by atoms with E-state index < -0.39 is 0 Å². The highest BCUT2D eigenvalue weighted by Crippen LogP contribution is 2.29. The molecule has 0 saturated carbocycles. The first kappa shape index (κ1) is 14.9. The average molecular weight is 346 g/mol. The molecular formula is C15H12BrN3O2. The van der Waals surface area contributed by atoms with Gasteiger partial charge in [0.05, 0.1) is 12.7 Å². The van der Waals surface area contributed by atoms with E-state index in [1.165, 1.54) is 7.11 Å². The van der Waals surface area contributed by atoms with E-state index >= 15 is 0 Å². The summed E-state index contributed by atoms with van der Waals surface area (Å²) in [4.78, 5) is 12.3. The smallest absolute Gasteiger partial charge is 0.255 e. The maximum absolute atomic E-state index is 12.3. The van der Waals surface area contributed by atoms with Crippen LogP contribution in [0.3, 0.4) is 0 Å². The topological polar surface area (TPSA) is 88.1 Å². The van der Waals surface area contributed by atoms with Gasteiger partial charge in [0.15, 0.2) is 0 Å². The monoisotopic (exact) mass is 345 g/mol. The van der Waals surface area contributed by atoms with Crippen molar-refractivity contribution in [1.82, 2.24) is 0 Å².